The smallest absolute Gasteiger partial charge is 0.271 e. The highest BCUT2D eigenvalue weighted by Gasteiger charge is 2.06. The van der Waals surface area contributed by atoms with E-state index in [1.54, 1.807) is 54.9 Å². The topological polar surface area (TPSA) is 83.5 Å². The Morgan fingerprint density at radius 1 is 0.926 bits per heavy atom. The van der Waals surface area contributed by atoms with Crippen LogP contribution in [0, 0.1) is 6.92 Å². The van der Waals surface area contributed by atoms with Crippen LogP contribution in [-0.2, 0) is 0 Å². The van der Waals surface area contributed by atoms with Crippen molar-refractivity contribution in [3.8, 4) is 0 Å². The van der Waals surface area contributed by atoms with Gasteiger partial charge in [0.1, 0.15) is 0 Å². The largest absolute Gasteiger partial charge is 0.322 e. The van der Waals surface area contributed by atoms with E-state index in [9.17, 15) is 9.59 Å². The minimum atomic E-state index is -0.322. The van der Waals surface area contributed by atoms with E-state index in [-0.39, 0.29) is 11.8 Å². The van der Waals surface area contributed by atoms with Crippen molar-refractivity contribution in [3.63, 3.8) is 0 Å². The van der Waals surface area contributed by atoms with Gasteiger partial charge in [-0.3, -0.25) is 14.6 Å². The summed E-state index contributed by atoms with van der Waals surface area (Å²) in [5.41, 5.74) is 6.00. The Balaban J connectivity index is 1.62. The van der Waals surface area contributed by atoms with Crippen molar-refractivity contribution in [2.45, 2.75) is 6.92 Å². The molecule has 2 N–H and O–H groups in total. The van der Waals surface area contributed by atoms with Gasteiger partial charge >= 0.3 is 0 Å². The van der Waals surface area contributed by atoms with E-state index in [0.717, 1.165) is 11.1 Å². The van der Waals surface area contributed by atoms with Crippen LogP contribution >= 0.6 is 0 Å². The maximum absolute atomic E-state index is 12.3. The SMILES string of the molecule is Cc1ccc(C(=O)Nc2cccc(/C=N/NC(=O)c3ccncc3)c2)cc1. The zero-order chi connectivity index (χ0) is 19.1. The number of anilines is 1. The second kappa shape index (κ2) is 8.53. The lowest BCUT2D eigenvalue weighted by Crippen LogP contribution is -2.17. The summed E-state index contributed by atoms with van der Waals surface area (Å²) in [4.78, 5) is 28.1. The van der Waals surface area contributed by atoms with Gasteiger partial charge in [-0.05, 0) is 48.9 Å². The van der Waals surface area contributed by atoms with Crippen molar-refractivity contribution < 1.29 is 9.59 Å². The first-order valence-corrected chi connectivity index (χ1v) is 8.33. The van der Waals surface area contributed by atoms with Gasteiger partial charge in [-0.15, -0.1) is 0 Å². The van der Waals surface area contributed by atoms with Crippen molar-refractivity contribution in [1.29, 1.82) is 0 Å². The van der Waals surface area contributed by atoms with Gasteiger partial charge in [0, 0.05) is 29.2 Å². The Bertz CT molecular complexity index is 967. The van der Waals surface area contributed by atoms with Gasteiger partial charge in [0.05, 0.1) is 6.21 Å². The monoisotopic (exact) mass is 358 g/mol. The molecular formula is C21H18N4O2. The highest BCUT2D eigenvalue weighted by Crippen LogP contribution is 2.12. The minimum Gasteiger partial charge on any atom is -0.322 e. The summed E-state index contributed by atoms with van der Waals surface area (Å²) in [6, 6.07) is 17.7. The normalized spacial score (nSPS) is 10.6. The van der Waals surface area contributed by atoms with E-state index in [0.29, 0.717) is 16.8 Å². The molecule has 0 atom stereocenters. The third kappa shape index (κ3) is 5.09. The fourth-order valence-corrected chi connectivity index (χ4v) is 2.34. The van der Waals surface area contributed by atoms with Crippen molar-refractivity contribution in [2.24, 2.45) is 5.10 Å². The molecule has 3 rings (SSSR count). The van der Waals surface area contributed by atoms with Crippen LogP contribution in [0.5, 0.6) is 0 Å². The molecule has 0 bridgehead atoms. The number of aryl methyl sites for hydroxylation is 1. The van der Waals surface area contributed by atoms with Crippen LogP contribution in [0.3, 0.4) is 0 Å². The molecule has 6 heteroatoms. The fourth-order valence-electron chi connectivity index (χ4n) is 2.34. The van der Waals surface area contributed by atoms with E-state index in [2.05, 4.69) is 20.8 Å². The summed E-state index contributed by atoms with van der Waals surface area (Å²) < 4.78 is 0. The number of carbonyl (C=O) groups is 2. The Morgan fingerprint density at radius 3 is 2.37 bits per heavy atom. The average Bonchev–Trinajstić information content (AvgIpc) is 2.69. The zero-order valence-electron chi connectivity index (χ0n) is 14.7. The number of pyridine rings is 1. The average molecular weight is 358 g/mol. The summed E-state index contributed by atoms with van der Waals surface area (Å²) in [6.07, 6.45) is 4.60. The molecule has 0 spiro atoms. The molecule has 134 valence electrons. The van der Waals surface area contributed by atoms with Crippen molar-refractivity contribution in [2.75, 3.05) is 5.32 Å². The molecule has 0 fully saturated rings. The number of amides is 2. The quantitative estimate of drug-likeness (QED) is 0.541. The van der Waals surface area contributed by atoms with Crippen LogP contribution in [0.1, 0.15) is 31.8 Å². The van der Waals surface area contributed by atoms with Crippen LogP contribution in [0.2, 0.25) is 0 Å². The first kappa shape index (κ1) is 18.0. The summed E-state index contributed by atoms with van der Waals surface area (Å²) in [6.45, 7) is 1.97. The zero-order valence-corrected chi connectivity index (χ0v) is 14.7. The van der Waals surface area contributed by atoms with Crippen LogP contribution < -0.4 is 10.7 Å². The summed E-state index contributed by atoms with van der Waals surface area (Å²) in [7, 11) is 0. The fraction of sp³-hybridized carbons (Fsp3) is 0.0476. The Labute approximate surface area is 157 Å². The van der Waals surface area contributed by atoms with E-state index in [1.807, 2.05) is 25.1 Å². The number of hydrogen-bond acceptors (Lipinski definition) is 4. The van der Waals surface area contributed by atoms with E-state index in [4.69, 9.17) is 0 Å². The molecular weight excluding hydrogens is 340 g/mol. The maximum atomic E-state index is 12.3. The van der Waals surface area contributed by atoms with Crippen molar-refractivity contribution >= 4 is 23.7 Å². The Kier molecular flexibility index (Phi) is 5.69. The van der Waals surface area contributed by atoms with E-state index in [1.165, 1.54) is 6.21 Å². The number of aromatic nitrogens is 1. The third-order valence-electron chi connectivity index (χ3n) is 3.78. The molecule has 6 nitrogen and oxygen atoms in total. The highest BCUT2D eigenvalue weighted by atomic mass is 16.2. The molecule has 0 saturated heterocycles. The first-order valence-electron chi connectivity index (χ1n) is 8.33. The summed E-state index contributed by atoms with van der Waals surface area (Å²) in [5.74, 6) is -0.507. The van der Waals surface area contributed by atoms with Crippen LogP contribution in [-0.4, -0.2) is 23.0 Å². The van der Waals surface area contributed by atoms with Gasteiger partial charge in [0.15, 0.2) is 0 Å². The molecule has 0 aliphatic heterocycles. The predicted octanol–water partition coefficient (Wildman–Crippen LogP) is 3.41. The van der Waals surface area contributed by atoms with Gasteiger partial charge in [-0.2, -0.15) is 5.10 Å². The van der Waals surface area contributed by atoms with Gasteiger partial charge < -0.3 is 5.32 Å². The summed E-state index contributed by atoms with van der Waals surface area (Å²) in [5, 5.41) is 6.80. The van der Waals surface area contributed by atoms with Gasteiger partial charge in [-0.1, -0.05) is 29.8 Å². The van der Waals surface area contributed by atoms with Crippen molar-refractivity contribution in [1.82, 2.24) is 10.4 Å². The number of carbonyl (C=O) groups excluding carboxylic acids is 2. The van der Waals surface area contributed by atoms with E-state index >= 15 is 0 Å². The number of rotatable bonds is 5. The van der Waals surface area contributed by atoms with E-state index < -0.39 is 0 Å². The number of nitrogens with zero attached hydrogens (tertiary/aromatic N) is 2. The molecule has 1 aromatic heterocycles. The Morgan fingerprint density at radius 2 is 1.63 bits per heavy atom. The molecule has 0 unspecified atom stereocenters. The number of hydrazone groups is 1. The third-order valence-corrected chi connectivity index (χ3v) is 3.78. The summed E-state index contributed by atoms with van der Waals surface area (Å²) >= 11 is 0. The molecule has 3 aromatic rings. The Hall–Kier alpha value is -3.80. The van der Waals surface area contributed by atoms with Gasteiger partial charge in [-0.25, -0.2) is 5.43 Å². The lowest BCUT2D eigenvalue weighted by atomic mass is 10.1. The molecule has 0 aliphatic rings. The standard InChI is InChI=1S/C21H18N4O2/c1-15-5-7-17(8-6-15)20(26)24-19-4-2-3-16(13-19)14-23-25-21(27)18-9-11-22-12-10-18/h2-14H,1H3,(H,24,26)(H,25,27)/b23-14+. The first-order chi connectivity index (χ1) is 13.1. The molecule has 2 aromatic carbocycles. The van der Waals surface area contributed by atoms with Gasteiger partial charge in [0.25, 0.3) is 11.8 Å². The second-order valence-electron chi connectivity index (χ2n) is 5.88. The predicted molar refractivity (Wildman–Crippen MR) is 105 cm³/mol. The number of benzene rings is 2. The molecule has 0 radical (unpaired) electrons. The van der Waals surface area contributed by atoms with Crippen LogP contribution in [0.4, 0.5) is 5.69 Å². The van der Waals surface area contributed by atoms with Crippen LogP contribution in [0.15, 0.2) is 78.2 Å². The lowest BCUT2D eigenvalue weighted by Gasteiger charge is -2.06. The number of hydrogen-bond donors (Lipinski definition) is 2. The van der Waals surface area contributed by atoms with Gasteiger partial charge in [0.2, 0.25) is 0 Å². The molecule has 27 heavy (non-hydrogen) atoms. The number of nitrogens with one attached hydrogen (secondary N) is 2. The second-order valence-corrected chi connectivity index (χ2v) is 5.88. The molecule has 1 heterocycles. The van der Waals surface area contributed by atoms with Crippen molar-refractivity contribution in [3.05, 3.63) is 95.3 Å². The minimum absolute atomic E-state index is 0.185. The highest BCUT2D eigenvalue weighted by molar-refractivity contribution is 6.04. The molecule has 0 aliphatic carbocycles. The lowest BCUT2D eigenvalue weighted by molar-refractivity contribution is 0.0954. The molecule has 0 saturated carbocycles. The maximum Gasteiger partial charge on any atom is 0.271 e. The molecule has 2 amide bonds. The van der Waals surface area contributed by atoms with Crippen LogP contribution in [0.25, 0.3) is 0 Å².